The number of ether oxygens (including phenoxy) is 2. The third-order valence-electron chi connectivity index (χ3n) is 4.40. The monoisotopic (exact) mass is 457 g/mol. The fourth-order valence-corrected chi connectivity index (χ4v) is 3.76. The fourth-order valence-electron chi connectivity index (χ4n) is 2.82. The number of aromatic nitrogens is 2. The minimum atomic E-state index is -4.60. The van der Waals surface area contributed by atoms with Gasteiger partial charge in [-0.2, -0.15) is 13.2 Å². The summed E-state index contributed by atoms with van der Waals surface area (Å²) in [6.45, 7) is 7.00. The molecule has 0 aliphatic rings. The molecule has 0 spiro atoms. The normalized spacial score (nSPS) is 12.5. The van der Waals surface area contributed by atoms with E-state index in [0.29, 0.717) is 18.0 Å². The Labute approximate surface area is 178 Å². The van der Waals surface area contributed by atoms with Crippen LogP contribution in [0.25, 0.3) is 11.0 Å². The number of rotatable bonds is 7. The third kappa shape index (κ3) is 5.47. The maximum absolute atomic E-state index is 13.8. The number of benzene rings is 1. The molecule has 0 aliphatic carbocycles. The zero-order valence-corrected chi connectivity index (χ0v) is 18.6. The molecule has 0 fully saturated rings. The summed E-state index contributed by atoms with van der Waals surface area (Å²) in [7, 11) is -1.32. The number of halogens is 4. The van der Waals surface area contributed by atoms with Crippen LogP contribution in [0, 0.1) is 0 Å². The highest BCUT2D eigenvalue weighted by molar-refractivity contribution is 6.76. The number of nitrogens with two attached hydrogens (primary N) is 1. The summed E-state index contributed by atoms with van der Waals surface area (Å²) in [6, 6.07) is 8.50. The molecular weight excluding hydrogens is 435 g/mol. The van der Waals surface area contributed by atoms with Crippen LogP contribution in [0.2, 0.25) is 30.8 Å². The van der Waals surface area contributed by atoms with Crippen molar-refractivity contribution in [2.24, 2.45) is 0 Å². The molecule has 0 saturated heterocycles. The first-order chi connectivity index (χ1) is 13.9. The van der Waals surface area contributed by atoms with Gasteiger partial charge in [0.2, 0.25) is 0 Å². The average molecular weight is 458 g/mol. The van der Waals surface area contributed by atoms with Crippen LogP contribution in [0.3, 0.4) is 0 Å². The maximum atomic E-state index is 13.8. The SMILES string of the molecule is C[Si](C)(C)CCOCn1cc(C(F)(F)F)c2c(Oc3ccc(N)cc3)cc(Cl)nc21. The van der Waals surface area contributed by atoms with Gasteiger partial charge >= 0.3 is 6.18 Å². The number of anilines is 1. The van der Waals surface area contributed by atoms with Crippen molar-refractivity contribution in [1.29, 1.82) is 0 Å². The lowest BCUT2D eigenvalue weighted by molar-refractivity contribution is -0.136. The Bertz CT molecular complexity index is 1030. The van der Waals surface area contributed by atoms with Crippen LogP contribution in [0.15, 0.2) is 36.5 Å². The lowest BCUT2D eigenvalue weighted by Gasteiger charge is -2.15. The van der Waals surface area contributed by atoms with Gasteiger partial charge in [0.1, 0.15) is 29.0 Å². The highest BCUT2D eigenvalue weighted by Crippen LogP contribution is 2.42. The molecule has 5 nitrogen and oxygen atoms in total. The van der Waals surface area contributed by atoms with Crippen LogP contribution < -0.4 is 10.5 Å². The Kier molecular flexibility index (Phi) is 6.35. The maximum Gasteiger partial charge on any atom is 0.418 e. The lowest BCUT2D eigenvalue weighted by atomic mass is 10.2. The molecule has 2 aromatic heterocycles. The van der Waals surface area contributed by atoms with E-state index in [4.69, 9.17) is 26.8 Å². The van der Waals surface area contributed by atoms with Crippen molar-refractivity contribution >= 4 is 36.4 Å². The van der Waals surface area contributed by atoms with Crippen molar-refractivity contribution in [3.05, 3.63) is 47.2 Å². The molecule has 2 heterocycles. The number of hydrogen-bond acceptors (Lipinski definition) is 4. The minimum absolute atomic E-state index is 0.0168. The predicted molar refractivity (Wildman–Crippen MR) is 115 cm³/mol. The first-order valence-corrected chi connectivity index (χ1v) is 13.4. The molecule has 10 heteroatoms. The van der Waals surface area contributed by atoms with Gasteiger partial charge in [-0.25, -0.2) is 4.98 Å². The molecule has 3 rings (SSSR count). The Morgan fingerprint density at radius 3 is 2.43 bits per heavy atom. The van der Waals surface area contributed by atoms with E-state index in [1.807, 2.05) is 0 Å². The second kappa shape index (κ2) is 8.48. The van der Waals surface area contributed by atoms with Crippen molar-refractivity contribution in [2.45, 2.75) is 38.6 Å². The van der Waals surface area contributed by atoms with Gasteiger partial charge in [-0.15, -0.1) is 0 Å². The van der Waals surface area contributed by atoms with Gasteiger partial charge in [-0.05, 0) is 30.3 Å². The summed E-state index contributed by atoms with van der Waals surface area (Å²) in [4.78, 5) is 4.11. The van der Waals surface area contributed by atoms with Gasteiger partial charge in [-0.1, -0.05) is 31.2 Å². The highest BCUT2D eigenvalue weighted by atomic mass is 35.5. The molecule has 2 N–H and O–H groups in total. The molecule has 0 atom stereocenters. The number of nitrogens with zero attached hydrogens (tertiary/aromatic N) is 2. The lowest BCUT2D eigenvalue weighted by Crippen LogP contribution is -2.22. The van der Waals surface area contributed by atoms with E-state index in [0.717, 1.165) is 12.2 Å². The van der Waals surface area contributed by atoms with Crippen molar-refractivity contribution in [2.75, 3.05) is 12.3 Å². The quantitative estimate of drug-likeness (QED) is 0.193. The van der Waals surface area contributed by atoms with Crippen molar-refractivity contribution in [3.8, 4) is 11.5 Å². The molecule has 0 saturated carbocycles. The van der Waals surface area contributed by atoms with Crippen molar-refractivity contribution in [1.82, 2.24) is 9.55 Å². The number of alkyl halides is 3. The molecule has 3 aromatic rings. The summed E-state index contributed by atoms with van der Waals surface area (Å²) in [6.07, 6.45) is -3.62. The van der Waals surface area contributed by atoms with E-state index < -0.39 is 19.8 Å². The van der Waals surface area contributed by atoms with Gasteiger partial charge in [0.05, 0.1) is 10.9 Å². The molecule has 0 unspecified atom stereocenters. The first kappa shape index (κ1) is 22.5. The molecule has 162 valence electrons. The summed E-state index contributed by atoms with van der Waals surface area (Å²) in [5.74, 6) is 0.294. The summed E-state index contributed by atoms with van der Waals surface area (Å²) < 4.78 is 54.0. The van der Waals surface area contributed by atoms with Crippen LogP contribution in [0.1, 0.15) is 5.56 Å². The van der Waals surface area contributed by atoms with Crippen LogP contribution in [-0.4, -0.2) is 24.2 Å². The Morgan fingerprint density at radius 1 is 1.17 bits per heavy atom. The standard InChI is InChI=1S/C20H23ClF3N3O2Si/c1-30(2,3)9-8-28-12-27-11-15(20(22,23)24)18-16(10-17(21)26-19(18)27)29-14-6-4-13(25)5-7-14/h4-7,10-11H,8-9,12,25H2,1-3H3. The van der Waals surface area contributed by atoms with Crippen LogP contribution in [-0.2, 0) is 17.6 Å². The predicted octanol–water partition coefficient (Wildman–Crippen LogP) is 6.40. The second-order valence-corrected chi connectivity index (χ2v) is 14.2. The second-order valence-electron chi connectivity index (χ2n) is 8.17. The Morgan fingerprint density at radius 2 is 1.83 bits per heavy atom. The van der Waals surface area contributed by atoms with E-state index in [2.05, 4.69) is 24.6 Å². The molecule has 0 amide bonds. The number of pyridine rings is 1. The zero-order valence-electron chi connectivity index (χ0n) is 16.9. The van der Waals surface area contributed by atoms with E-state index in [9.17, 15) is 13.2 Å². The minimum Gasteiger partial charge on any atom is -0.456 e. The summed E-state index contributed by atoms with van der Waals surface area (Å²) in [5, 5.41) is -0.152. The molecule has 1 aromatic carbocycles. The number of nitrogen functional groups attached to an aromatic ring is 1. The number of fused-ring (bicyclic) bond motifs is 1. The van der Waals surface area contributed by atoms with Crippen molar-refractivity contribution in [3.63, 3.8) is 0 Å². The van der Waals surface area contributed by atoms with E-state index in [-0.39, 0.29) is 28.7 Å². The molecule has 0 bridgehead atoms. The van der Waals surface area contributed by atoms with Gasteiger partial charge in [0, 0.05) is 32.6 Å². The van der Waals surface area contributed by atoms with Crippen LogP contribution in [0.5, 0.6) is 11.5 Å². The van der Waals surface area contributed by atoms with Gasteiger partial charge in [0.25, 0.3) is 0 Å². The van der Waals surface area contributed by atoms with E-state index in [1.54, 1.807) is 24.3 Å². The topological polar surface area (TPSA) is 62.3 Å². The van der Waals surface area contributed by atoms with Crippen LogP contribution >= 0.6 is 11.6 Å². The average Bonchev–Trinajstić information content (AvgIpc) is 2.99. The fraction of sp³-hybridized carbons (Fsp3) is 0.350. The summed E-state index contributed by atoms with van der Waals surface area (Å²) >= 11 is 6.09. The Hall–Kier alpha value is -2.23. The van der Waals surface area contributed by atoms with Gasteiger partial charge in [0.15, 0.2) is 0 Å². The largest absolute Gasteiger partial charge is 0.456 e. The first-order valence-electron chi connectivity index (χ1n) is 9.32. The van der Waals surface area contributed by atoms with Crippen LogP contribution in [0.4, 0.5) is 18.9 Å². The van der Waals surface area contributed by atoms with Crippen molar-refractivity contribution < 1.29 is 22.6 Å². The molecule has 0 aliphatic heterocycles. The number of hydrogen-bond donors (Lipinski definition) is 1. The van der Waals surface area contributed by atoms with Gasteiger partial charge in [-0.3, -0.25) is 0 Å². The third-order valence-corrected chi connectivity index (χ3v) is 6.30. The summed E-state index contributed by atoms with van der Waals surface area (Å²) in [5.41, 5.74) is 5.35. The smallest absolute Gasteiger partial charge is 0.418 e. The zero-order chi connectivity index (χ0) is 22.1. The highest BCUT2D eigenvalue weighted by Gasteiger charge is 2.37. The molecular formula is C20H23ClF3N3O2Si. The van der Waals surface area contributed by atoms with E-state index >= 15 is 0 Å². The Balaban J connectivity index is 2.00. The molecule has 0 radical (unpaired) electrons. The van der Waals surface area contributed by atoms with E-state index in [1.165, 1.54) is 10.6 Å². The molecule has 30 heavy (non-hydrogen) atoms. The van der Waals surface area contributed by atoms with Gasteiger partial charge < -0.3 is 19.8 Å².